The van der Waals surface area contributed by atoms with Gasteiger partial charge in [-0.2, -0.15) is 9.57 Å². The maximum atomic E-state index is 12.9. The molecule has 2 aromatic rings. The van der Waals surface area contributed by atoms with Crippen LogP contribution in [-0.2, 0) is 16.4 Å². The number of piperazine rings is 1. The first-order valence-corrected chi connectivity index (χ1v) is 10.2. The fourth-order valence-electron chi connectivity index (χ4n) is 3.39. The van der Waals surface area contributed by atoms with Gasteiger partial charge in [0.2, 0.25) is 10.0 Å². The topological polar surface area (TPSA) is 64.4 Å². The molecule has 1 aliphatic rings. The first-order valence-electron chi connectivity index (χ1n) is 8.79. The minimum Gasteiger partial charge on any atom is -0.298 e. The van der Waals surface area contributed by atoms with Crippen molar-refractivity contribution in [3.05, 3.63) is 65.7 Å². The number of sulfonamides is 1. The van der Waals surface area contributed by atoms with Crippen LogP contribution in [0.25, 0.3) is 0 Å². The Morgan fingerprint density at radius 3 is 2.27 bits per heavy atom. The molecule has 26 heavy (non-hydrogen) atoms. The molecular formula is C20H23N3O2S. The molecule has 3 rings (SSSR count). The van der Waals surface area contributed by atoms with Gasteiger partial charge in [-0.25, -0.2) is 8.42 Å². The molecule has 1 heterocycles. The van der Waals surface area contributed by atoms with Crippen LogP contribution in [0.15, 0.2) is 59.5 Å². The lowest BCUT2D eigenvalue weighted by atomic mass is 10.1. The highest BCUT2D eigenvalue weighted by atomic mass is 32.2. The minimum absolute atomic E-state index is 0.105. The van der Waals surface area contributed by atoms with Crippen LogP contribution < -0.4 is 0 Å². The molecule has 0 bridgehead atoms. The predicted molar refractivity (Wildman–Crippen MR) is 101 cm³/mol. The van der Waals surface area contributed by atoms with Gasteiger partial charge in [0.1, 0.15) is 6.07 Å². The Kier molecular flexibility index (Phi) is 5.72. The summed E-state index contributed by atoms with van der Waals surface area (Å²) in [5.41, 5.74) is 1.49. The van der Waals surface area contributed by atoms with E-state index < -0.39 is 10.0 Å². The summed E-state index contributed by atoms with van der Waals surface area (Å²) in [6.07, 6.45) is 0.949. The molecule has 1 unspecified atom stereocenters. The van der Waals surface area contributed by atoms with Gasteiger partial charge in [0.15, 0.2) is 0 Å². The average molecular weight is 369 g/mol. The van der Waals surface area contributed by atoms with Crippen LogP contribution in [0.1, 0.15) is 18.1 Å². The number of benzene rings is 2. The van der Waals surface area contributed by atoms with Gasteiger partial charge in [-0.05, 0) is 31.0 Å². The second kappa shape index (κ2) is 8.00. The largest absolute Gasteiger partial charge is 0.298 e. The molecule has 0 amide bonds. The average Bonchev–Trinajstić information content (AvgIpc) is 2.68. The number of hydrogen-bond acceptors (Lipinski definition) is 4. The Labute approximate surface area is 155 Å². The van der Waals surface area contributed by atoms with Crippen molar-refractivity contribution < 1.29 is 8.42 Å². The minimum atomic E-state index is -3.63. The van der Waals surface area contributed by atoms with Gasteiger partial charge < -0.3 is 0 Å². The number of hydrogen-bond donors (Lipinski definition) is 0. The van der Waals surface area contributed by atoms with Crippen molar-refractivity contribution in [3.8, 4) is 6.07 Å². The first kappa shape index (κ1) is 18.6. The first-order chi connectivity index (χ1) is 12.5. The van der Waals surface area contributed by atoms with E-state index in [1.807, 2.05) is 24.3 Å². The van der Waals surface area contributed by atoms with E-state index in [-0.39, 0.29) is 10.5 Å². The molecule has 136 valence electrons. The molecule has 1 atom stereocenters. The third kappa shape index (κ3) is 3.96. The summed E-state index contributed by atoms with van der Waals surface area (Å²) in [5.74, 6) is 0. The maximum absolute atomic E-state index is 12.9. The SMILES string of the molecule is CC(Cc1ccccc1)N1CCN(S(=O)(=O)c2ccccc2C#N)CC1. The van der Waals surface area contributed by atoms with Gasteiger partial charge in [0.05, 0.1) is 10.5 Å². The molecule has 0 N–H and O–H groups in total. The molecule has 0 radical (unpaired) electrons. The normalized spacial score (nSPS) is 17.5. The Morgan fingerprint density at radius 1 is 1.00 bits per heavy atom. The Bertz CT molecular complexity index is 883. The Balaban J connectivity index is 1.65. The van der Waals surface area contributed by atoms with Gasteiger partial charge >= 0.3 is 0 Å². The van der Waals surface area contributed by atoms with Gasteiger partial charge in [-0.15, -0.1) is 0 Å². The zero-order chi connectivity index (χ0) is 18.6. The lowest BCUT2D eigenvalue weighted by Gasteiger charge is -2.37. The maximum Gasteiger partial charge on any atom is 0.244 e. The molecule has 6 heteroatoms. The summed E-state index contributed by atoms with van der Waals surface area (Å²) in [5, 5.41) is 9.19. The highest BCUT2D eigenvalue weighted by molar-refractivity contribution is 7.89. The summed E-state index contributed by atoms with van der Waals surface area (Å²) in [7, 11) is -3.63. The van der Waals surface area contributed by atoms with Gasteiger partial charge in [0, 0.05) is 32.2 Å². The van der Waals surface area contributed by atoms with Gasteiger partial charge in [-0.3, -0.25) is 4.90 Å². The summed E-state index contributed by atoms with van der Waals surface area (Å²) >= 11 is 0. The summed E-state index contributed by atoms with van der Waals surface area (Å²) < 4.78 is 27.3. The van der Waals surface area contributed by atoms with Crippen molar-refractivity contribution in [2.24, 2.45) is 0 Å². The second-order valence-corrected chi connectivity index (χ2v) is 8.49. The predicted octanol–water partition coefficient (Wildman–Crippen LogP) is 2.50. The van der Waals surface area contributed by atoms with Crippen LogP contribution >= 0.6 is 0 Å². The van der Waals surface area contributed by atoms with E-state index in [1.54, 1.807) is 18.2 Å². The van der Waals surface area contributed by atoms with Crippen molar-refractivity contribution in [2.45, 2.75) is 24.3 Å². The molecule has 1 saturated heterocycles. The van der Waals surface area contributed by atoms with E-state index in [2.05, 4.69) is 24.0 Å². The van der Waals surface area contributed by atoms with Crippen molar-refractivity contribution in [2.75, 3.05) is 26.2 Å². The molecule has 0 aromatic heterocycles. The van der Waals surface area contributed by atoms with Crippen LogP contribution in [0, 0.1) is 11.3 Å². The molecule has 0 spiro atoms. The van der Waals surface area contributed by atoms with Gasteiger partial charge in [-0.1, -0.05) is 42.5 Å². The molecule has 5 nitrogen and oxygen atoms in total. The lowest BCUT2D eigenvalue weighted by Crippen LogP contribution is -2.51. The fourth-order valence-corrected chi connectivity index (χ4v) is 4.96. The van der Waals surface area contributed by atoms with Crippen LogP contribution in [0.4, 0.5) is 0 Å². The van der Waals surface area contributed by atoms with E-state index in [9.17, 15) is 13.7 Å². The summed E-state index contributed by atoms with van der Waals surface area (Å²) in [6, 6.07) is 19.1. The zero-order valence-corrected chi connectivity index (χ0v) is 15.7. The van der Waals surface area contributed by atoms with Crippen molar-refractivity contribution in [3.63, 3.8) is 0 Å². The van der Waals surface area contributed by atoms with E-state index >= 15 is 0 Å². The second-order valence-electron chi connectivity index (χ2n) is 6.59. The molecule has 0 saturated carbocycles. The van der Waals surface area contributed by atoms with Gasteiger partial charge in [0.25, 0.3) is 0 Å². The monoisotopic (exact) mass is 369 g/mol. The summed E-state index contributed by atoms with van der Waals surface area (Å²) in [4.78, 5) is 2.43. The zero-order valence-electron chi connectivity index (χ0n) is 14.9. The number of rotatable bonds is 5. The lowest BCUT2D eigenvalue weighted by molar-refractivity contribution is 0.145. The van der Waals surface area contributed by atoms with Crippen molar-refractivity contribution in [1.29, 1.82) is 5.26 Å². The van der Waals surface area contributed by atoms with E-state index in [1.165, 1.54) is 15.9 Å². The molecule has 0 aliphatic carbocycles. The van der Waals surface area contributed by atoms with Crippen LogP contribution in [0.3, 0.4) is 0 Å². The van der Waals surface area contributed by atoms with Crippen molar-refractivity contribution >= 4 is 10.0 Å². The van der Waals surface area contributed by atoms with E-state index in [4.69, 9.17) is 0 Å². The summed E-state index contributed by atoms with van der Waals surface area (Å²) in [6.45, 7) is 4.47. The van der Waals surface area contributed by atoms with Crippen LogP contribution in [-0.4, -0.2) is 49.8 Å². The quantitative estimate of drug-likeness (QED) is 0.812. The van der Waals surface area contributed by atoms with E-state index in [0.29, 0.717) is 32.2 Å². The highest BCUT2D eigenvalue weighted by Crippen LogP contribution is 2.22. The van der Waals surface area contributed by atoms with Crippen LogP contribution in [0.2, 0.25) is 0 Å². The highest BCUT2D eigenvalue weighted by Gasteiger charge is 2.31. The molecule has 2 aromatic carbocycles. The molecular weight excluding hydrogens is 346 g/mol. The Morgan fingerprint density at radius 2 is 1.62 bits per heavy atom. The standard InChI is InChI=1S/C20H23N3O2S/c1-17(15-18-7-3-2-4-8-18)22-11-13-23(14-12-22)26(24,25)20-10-6-5-9-19(20)16-21/h2-10,17H,11-15H2,1H3. The number of nitrogens with zero attached hydrogens (tertiary/aromatic N) is 3. The third-order valence-electron chi connectivity index (χ3n) is 4.90. The van der Waals surface area contributed by atoms with Crippen LogP contribution in [0.5, 0.6) is 0 Å². The number of nitriles is 1. The molecule has 1 fully saturated rings. The third-order valence-corrected chi connectivity index (χ3v) is 6.85. The smallest absolute Gasteiger partial charge is 0.244 e. The Hall–Kier alpha value is -2.20. The fraction of sp³-hybridized carbons (Fsp3) is 0.350. The van der Waals surface area contributed by atoms with E-state index in [0.717, 1.165) is 6.42 Å². The van der Waals surface area contributed by atoms with Crippen molar-refractivity contribution in [1.82, 2.24) is 9.21 Å². The molecule has 1 aliphatic heterocycles.